The zero-order valence-electron chi connectivity index (χ0n) is 14.2. The molecule has 0 amide bonds. The van der Waals surface area contributed by atoms with Crippen LogP contribution >= 0.6 is 0 Å². The molecule has 2 saturated heterocycles. The Labute approximate surface area is 143 Å². The van der Waals surface area contributed by atoms with Crippen LogP contribution in [0.4, 0.5) is 0 Å². The fourth-order valence-corrected chi connectivity index (χ4v) is 3.54. The van der Waals surface area contributed by atoms with Gasteiger partial charge in [-0.1, -0.05) is 0 Å². The van der Waals surface area contributed by atoms with Crippen molar-refractivity contribution < 1.29 is 26.8 Å². The summed E-state index contributed by atoms with van der Waals surface area (Å²) in [5.41, 5.74) is -0.992. The maximum atomic E-state index is 12.2. The van der Waals surface area contributed by atoms with E-state index >= 15 is 0 Å². The predicted molar refractivity (Wildman–Crippen MR) is 84.6 cm³/mol. The van der Waals surface area contributed by atoms with Gasteiger partial charge in [-0.15, -0.1) is 0 Å². The Balaban J connectivity index is 2.04. The molecule has 0 unspecified atom stereocenters. The minimum atomic E-state index is -3.86. The van der Waals surface area contributed by atoms with E-state index in [-0.39, 0.29) is 12.2 Å². The molecule has 0 aromatic carbocycles. The molecule has 1 aromatic heterocycles. The van der Waals surface area contributed by atoms with Crippen LogP contribution in [0.5, 0.6) is 0 Å². The third-order valence-corrected chi connectivity index (χ3v) is 4.58. The highest BCUT2D eigenvalue weighted by Crippen LogP contribution is 2.39. The van der Waals surface area contributed by atoms with Gasteiger partial charge < -0.3 is 14.2 Å². The van der Waals surface area contributed by atoms with Crippen LogP contribution in [0, 0.1) is 6.92 Å². The van der Waals surface area contributed by atoms with E-state index in [4.69, 9.17) is 18.4 Å². The molecule has 0 bridgehead atoms. The summed E-state index contributed by atoms with van der Waals surface area (Å²) in [5, 5.41) is 0. The quantitative estimate of drug-likeness (QED) is 0.682. The third kappa shape index (κ3) is 3.70. The second-order valence-corrected chi connectivity index (χ2v) is 8.20. The van der Waals surface area contributed by atoms with Crippen LogP contribution in [0.25, 0.3) is 0 Å². The van der Waals surface area contributed by atoms with Crippen LogP contribution in [0.2, 0.25) is 0 Å². The van der Waals surface area contributed by atoms with Crippen molar-refractivity contribution in [3.8, 4) is 0 Å². The lowest BCUT2D eigenvalue weighted by molar-refractivity contribution is -0.299. The van der Waals surface area contributed by atoms with Crippen molar-refractivity contribution in [1.82, 2.24) is 9.55 Å². The maximum absolute atomic E-state index is 12.2. The van der Waals surface area contributed by atoms with Crippen LogP contribution in [0.15, 0.2) is 15.8 Å². The molecule has 25 heavy (non-hydrogen) atoms. The molecule has 0 spiro atoms. The largest absolute Gasteiger partial charge is 0.348 e. The molecule has 2 aliphatic rings. The van der Waals surface area contributed by atoms with E-state index in [1.165, 1.54) is 13.1 Å². The minimum Gasteiger partial charge on any atom is -0.348 e. The lowest BCUT2D eigenvalue weighted by Crippen LogP contribution is -2.51. The molecule has 3 heterocycles. The van der Waals surface area contributed by atoms with E-state index in [1.54, 1.807) is 13.8 Å². The van der Waals surface area contributed by atoms with Gasteiger partial charge in [-0.25, -0.2) is 4.79 Å². The second kappa shape index (κ2) is 6.02. The number of rotatable bonds is 3. The SMILES string of the molecule is Cc1cn([C@H]2O[C@H]3COC(C)(C)O[C@H]3[C@@H]2OS(C)(=O)=O)c(=O)[nH]c1=O. The van der Waals surface area contributed by atoms with Gasteiger partial charge in [0, 0.05) is 11.8 Å². The van der Waals surface area contributed by atoms with Gasteiger partial charge in [0.1, 0.15) is 12.2 Å². The van der Waals surface area contributed by atoms with Gasteiger partial charge in [-0.3, -0.25) is 18.5 Å². The average molecular weight is 376 g/mol. The molecule has 140 valence electrons. The topological polar surface area (TPSA) is 126 Å². The molecule has 2 fully saturated rings. The Kier molecular flexibility index (Phi) is 4.40. The van der Waals surface area contributed by atoms with Gasteiger partial charge in [0.25, 0.3) is 15.7 Å². The van der Waals surface area contributed by atoms with Crippen LogP contribution in [-0.2, 0) is 28.5 Å². The number of nitrogens with one attached hydrogen (secondary N) is 1. The number of nitrogens with zero attached hydrogens (tertiary/aromatic N) is 1. The number of aromatic amines is 1. The monoisotopic (exact) mass is 376 g/mol. The zero-order valence-corrected chi connectivity index (χ0v) is 15.0. The Hall–Kier alpha value is -1.53. The van der Waals surface area contributed by atoms with Crippen molar-refractivity contribution in [2.24, 2.45) is 0 Å². The molecule has 1 N–H and O–H groups in total. The first-order valence-electron chi connectivity index (χ1n) is 7.64. The summed E-state index contributed by atoms with van der Waals surface area (Å²) in [7, 11) is -3.86. The van der Waals surface area contributed by atoms with E-state index in [0.29, 0.717) is 0 Å². The molecular formula is C14H20N2O8S. The molecular weight excluding hydrogens is 356 g/mol. The Morgan fingerprint density at radius 3 is 2.68 bits per heavy atom. The first kappa shape index (κ1) is 18.3. The summed E-state index contributed by atoms with van der Waals surface area (Å²) in [6.45, 7) is 5.04. The Bertz CT molecular complexity index is 887. The number of aryl methyl sites for hydroxylation is 1. The van der Waals surface area contributed by atoms with Crippen molar-refractivity contribution in [1.29, 1.82) is 0 Å². The predicted octanol–water partition coefficient (Wildman–Crippen LogP) is -0.761. The summed E-state index contributed by atoms with van der Waals surface area (Å²) in [4.78, 5) is 25.9. The van der Waals surface area contributed by atoms with E-state index in [1.807, 2.05) is 0 Å². The van der Waals surface area contributed by atoms with Gasteiger partial charge in [0.15, 0.2) is 18.1 Å². The van der Waals surface area contributed by atoms with Gasteiger partial charge in [0.05, 0.1) is 12.9 Å². The van der Waals surface area contributed by atoms with Crippen LogP contribution in [0.3, 0.4) is 0 Å². The number of fused-ring (bicyclic) bond motifs is 1. The van der Waals surface area contributed by atoms with Crippen LogP contribution in [0.1, 0.15) is 25.6 Å². The molecule has 4 atom stereocenters. The van der Waals surface area contributed by atoms with Gasteiger partial charge in [-0.05, 0) is 20.8 Å². The van der Waals surface area contributed by atoms with Gasteiger partial charge in [0.2, 0.25) is 0 Å². The normalized spacial score (nSPS) is 31.7. The van der Waals surface area contributed by atoms with E-state index in [0.717, 1.165) is 10.8 Å². The maximum Gasteiger partial charge on any atom is 0.330 e. The first-order valence-corrected chi connectivity index (χ1v) is 9.46. The summed E-state index contributed by atoms with van der Waals surface area (Å²) >= 11 is 0. The molecule has 10 nitrogen and oxygen atoms in total. The summed E-state index contributed by atoms with van der Waals surface area (Å²) in [5.74, 6) is -0.954. The highest BCUT2D eigenvalue weighted by Gasteiger charge is 2.54. The zero-order chi connectivity index (χ0) is 18.6. The van der Waals surface area contributed by atoms with Crippen molar-refractivity contribution in [3.63, 3.8) is 0 Å². The summed E-state index contributed by atoms with van der Waals surface area (Å²) in [6.07, 6.45) is -1.38. The molecule has 11 heteroatoms. The molecule has 1 aromatic rings. The number of ether oxygens (including phenoxy) is 3. The first-order chi connectivity index (χ1) is 11.5. The average Bonchev–Trinajstić information content (AvgIpc) is 2.78. The molecule has 0 radical (unpaired) electrons. The van der Waals surface area contributed by atoms with Gasteiger partial charge in [-0.2, -0.15) is 8.42 Å². The van der Waals surface area contributed by atoms with Crippen LogP contribution in [-0.4, -0.2) is 54.9 Å². The fourth-order valence-electron chi connectivity index (χ4n) is 2.93. The highest BCUT2D eigenvalue weighted by atomic mass is 32.2. The number of hydrogen-bond acceptors (Lipinski definition) is 8. The van der Waals surface area contributed by atoms with Crippen molar-refractivity contribution in [2.75, 3.05) is 12.9 Å². The number of aromatic nitrogens is 2. The van der Waals surface area contributed by atoms with Crippen LogP contribution < -0.4 is 11.2 Å². The number of H-pyrrole nitrogens is 1. The fraction of sp³-hybridized carbons (Fsp3) is 0.714. The molecule has 0 aliphatic carbocycles. The van der Waals surface area contributed by atoms with Gasteiger partial charge >= 0.3 is 5.69 Å². The smallest absolute Gasteiger partial charge is 0.330 e. The van der Waals surface area contributed by atoms with E-state index in [2.05, 4.69) is 4.98 Å². The van der Waals surface area contributed by atoms with E-state index in [9.17, 15) is 18.0 Å². The molecule has 0 saturated carbocycles. The molecule has 2 aliphatic heterocycles. The summed E-state index contributed by atoms with van der Waals surface area (Å²) in [6, 6.07) is 0. The summed E-state index contributed by atoms with van der Waals surface area (Å²) < 4.78 is 46.7. The second-order valence-electron chi connectivity index (χ2n) is 6.60. The van der Waals surface area contributed by atoms with E-state index < -0.39 is 51.7 Å². The van der Waals surface area contributed by atoms with Crippen molar-refractivity contribution in [2.45, 2.75) is 51.1 Å². The van der Waals surface area contributed by atoms with Crippen molar-refractivity contribution in [3.05, 3.63) is 32.6 Å². The third-order valence-electron chi connectivity index (χ3n) is 4.01. The number of hydrogen-bond donors (Lipinski definition) is 1. The lowest BCUT2D eigenvalue weighted by atomic mass is 10.1. The van der Waals surface area contributed by atoms with Crippen molar-refractivity contribution >= 4 is 10.1 Å². The Morgan fingerprint density at radius 1 is 1.36 bits per heavy atom. The highest BCUT2D eigenvalue weighted by molar-refractivity contribution is 7.86. The molecule has 3 rings (SSSR count). The minimum absolute atomic E-state index is 0.148. The standard InChI is InChI=1S/C14H20N2O8S/c1-7-5-16(13(18)15-11(7)17)12-10(24-25(4,19)20)9-8(22-12)6-21-14(2,3)23-9/h5,8-10,12H,6H2,1-4H3,(H,15,17,18)/t8-,9+,10-,12-/m0/s1. The Morgan fingerprint density at radius 2 is 2.04 bits per heavy atom. The lowest BCUT2D eigenvalue weighted by Gasteiger charge is -2.38.